The lowest BCUT2D eigenvalue weighted by Gasteiger charge is -2.29. The van der Waals surface area contributed by atoms with Crippen molar-refractivity contribution >= 4 is 11.8 Å². The maximum atomic E-state index is 12.5. The lowest BCUT2D eigenvalue weighted by atomic mass is 9.98. The summed E-state index contributed by atoms with van der Waals surface area (Å²) >= 11 is 0. The number of methoxy groups -OCH3 is 2. The fraction of sp³-hybridized carbons (Fsp3) is 0.350. The number of rotatable bonds is 6. The van der Waals surface area contributed by atoms with Crippen molar-refractivity contribution in [3.05, 3.63) is 53.3 Å². The van der Waals surface area contributed by atoms with E-state index in [0.717, 1.165) is 23.1 Å². The first-order valence-corrected chi connectivity index (χ1v) is 8.78. The maximum absolute atomic E-state index is 12.5. The average molecular weight is 369 g/mol. The molecular weight excluding hydrogens is 346 g/mol. The van der Waals surface area contributed by atoms with E-state index in [0.29, 0.717) is 31.1 Å². The molecule has 0 unspecified atom stereocenters. The van der Waals surface area contributed by atoms with Gasteiger partial charge < -0.3 is 19.7 Å². The van der Waals surface area contributed by atoms with E-state index < -0.39 is 0 Å². The van der Waals surface area contributed by atoms with E-state index in [1.54, 1.807) is 31.5 Å². The van der Waals surface area contributed by atoms with Crippen LogP contribution in [-0.4, -0.2) is 42.5 Å². The molecule has 1 N–H and O–H groups in total. The van der Waals surface area contributed by atoms with Gasteiger partial charge in [0, 0.05) is 32.0 Å². The maximum Gasteiger partial charge on any atom is 0.232 e. The normalized spacial score (nSPS) is 12.9. The summed E-state index contributed by atoms with van der Waals surface area (Å²) in [5.74, 6) is 0.866. The number of hydrogen-bond donors (Lipinski definition) is 1. The summed E-state index contributed by atoms with van der Waals surface area (Å²) in [5, 5.41) is 2.77. The van der Waals surface area contributed by atoms with Gasteiger partial charge in [-0.15, -0.1) is 0 Å². The number of aromatic nitrogens is 1. The topological polar surface area (TPSA) is 80.8 Å². The predicted octanol–water partition coefficient (Wildman–Crippen LogP) is 1.69. The number of nitrogens with one attached hydrogen (secondary N) is 1. The van der Waals surface area contributed by atoms with Gasteiger partial charge in [-0.1, -0.05) is 0 Å². The van der Waals surface area contributed by atoms with Crippen LogP contribution in [0.2, 0.25) is 0 Å². The van der Waals surface area contributed by atoms with Crippen LogP contribution in [0.4, 0.5) is 0 Å². The Hall–Kier alpha value is -3.09. The molecule has 0 bridgehead atoms. The summed E-state index contributed by atoms with van der Waals surface area (Å²) in [6, 6.07) is 7.51. The van der Waals surface area contributed by atoms with Crippen molar-refractivity contribution in [2.75, 3.05) is 20.8 Å². The van der Waals surface area contributed by atoms with Crippen LogP contribution in [0, 0.1) is 0 Å². The van der Waals surface area contributed by atoms with Crippen LogP contribution in [0.3, 0.4) is 0 Å². The zero-order valence-electron chi connectivity index (χ0n) is 15.5. The molecule has 1 aromatic heterocycles. The third-order valence-electron chi connectivity index (χ3n) is 4.62. The first kappa shape index (κ1) is 18.7. The second kappa shape index (κ2) is 8.53. The number of fused-ring (bicyclic) bond motifs is 1. The predicted molar refractivity (Wildman–Crippen MR) is 99.4 cm³/mol. The number of ether oxygens (including phenoxy) is 2. The third kappa shape index (κ3) is 4.55. The van der Waals surface area contributed by atoms with Crippen LogP contribution in [0.15, 0.2) is 36.7 Å². The van der Waals surface area contributed by atoms with Crippen molar-refractivity contribution in [1.82, 2.24) is 15.2 Å². The SMILES string of the molecule is COc1cc2c(cc1OC)CN(C(=O)CC(=O)NCc1ccncc1)CC2. The number of pyridine rings is 1. The van der Waals surface area contributed by atoms with Crippen LogP contribution in [0.1, 0.15) is 23.1 Å². The highest BCUT2D eigenvalue weighted by atomic mass is 16.5. The summed E-state index contributed by atoms with van der Waals surface area (Å²) in [6.45, 7) is 1.43. The van der Waals surface area contributed by atoms with E-state index in [1.807, 2.05) is 24.3 Å². The van der Waals surface area contributed by atoms with E-state index in [9.17, 15) is 9.59 Å². The van der Waals surface area contributed by atoms with Gasteiger partial charge in [-0.25, -0.2) is 0 Å². The minimum Gasteiger partial charge on any atom is -0.493 e. The van der Waals surface area contributed by atoms with Crippen molar-refractivity contribution in [1.29, 1.82) is 0 Å². The summed E-state index contributed by atoms with van der Waals surface area (Å²) in [5.41, 5.74) is 3.10. The third-order valence-corrected chi connectivity index (χ3v) is 4.62. The second-order valence-corrected chi connectivity index (χ2v) is 6.35. The number of hydrogen-bond acceptors (Lipinski definition) is 5. The van der Waals surface area contributed by atoms with Gasteiger partial charge in [0.15, 0.2) is 11.5 Å². The molecule has 0 saturated heterocycles. The quantitative estimate of drug-likeness (QED) is 0.784. The van der Waals surface area contributed by atoms with E-state index in [4.69, 9.17) is 9.47 Å². The number of carbonyl (C=O) groups is 2. The fourth-order valence-electron chi connectivity index (χ4n) is 3.11. The van der Waals surface area contributed by atoms with Gasteiger partial charge in [0.1, 0.15) is 6.42 Å². The molecule has 142 valence electrons. The highest BCUT2D eigenvalue weighted by molar-refractivity contribution is 5.96. The van der Waals surface area contributed by atoms with Gasteiger partial charge in [0.25, 0.3) is 0 Å². The van der Waals surface area contributed by atoms with Gasteiger partial charge >= 0.3 is 0 Å². The van der Waals surface area contributed by atoms with E-state index in [-0.39, 0.29) is 18.2 Å². The number of benzene rings is 1. The Labute approximate surface area is 158 Å². The second-order valence-electron chi connectivity index (χ2n) is 6.35. The van der Waals surface area contributed by atoms with Gasteiger partial charge in [0.2, 0.25) is 11.8 Å². The summed E-state index contributed by atoms with van der Waals surface area (Å²) < 4.78 is 10.7. The molecule has 1 aliphatic heterocycles. The standard InChI is InChI=1S/C20H23N3O4/c1-26-17-9-15-5-8-23(13-16(15)10-18(17)27-2)20(25)11-19(24)22-12-14-3-6-21-7-4-14/h3-4,6-7,9-10H,5,8,11-13H2,1-2H3,(H,22,24). The molecule has 7 heteroatoms. The molecule has 0 radical (unpaired) electrons. The lowest BCUT2D eigenvalue weighted by Crippen LogP contribution is -2.38. The van der Waals surface area contributed by atoms with Crippen molar-refractivity contribution in [2.45, 2.75) is 25.9 Å². The number of carbonyl (C=O) groups excluding carboxylic acids is 2. The van der Waals surface area contributed by atoms with Crippen LogP contribution in [0.5, 0.6) is 11.5 Å². The fourth-order valence-corrected chi connectivity index (χ4v) is 3.11. The Morgan fingerprint density at radius 3 is 2.44 bits per heavy atom. The van der Waals surface area contributed by atoms with Crippen molar-refractivity contribution in [2.24, 2.45) is 0 Å². The minimum absolute atomic E-state index is 0.159. The molecule has 2 amide bonds. The Bertz CT molecular complexity index is 823. The van der Waals surface area contributed by atoms with Crippen LogP contribution < -0.4 is 14.8 Å². The van der Waals surface area contributed by atoms with E-state index in [1.165, 1.54) is 0 Å². The lowest BCUT2D eigenvalue weighted by molar-refractivity contribution is -0.136. The Morgan fingerprint density at radius 1 is 1.11 bits per heavy atom. The Kier molecular flexibility index (Phi) is 5.90. The first-order valence-electron chi connectivity index (χ1n) is 8.78. The summed E-state index contributed by atoms with van der Waals surface area (Å²) in [4.78, 5) is 30.2. The highest BCUT2D eigenvalue weighted by Gasteiger charge is 2.24. The molecule has 0 fully saturated rings. The molecule has 7 nitrogen and oxygen atoms in total. The van der Waals surface area contributed by atoms with E-state index >= 15 is 0 Å². The monoisotopic (exact) mass is 369 g/mol. The minimum atomic E-state index is -0.282. The highest BCUT2D eigenvalue weighted by Crippen LogP contribution is 2.33. The molecule has 2 heterocycles. The van der Waals surface area contributed by atoms with Gasteiger partial charge in [-0.05, 0) is 47.4 Å². The zero-order chi connectivity index (χ0) is 19.2. The molecule has 2 aromatic rings. The molecule has 27 heavy (non-hydrogen) atoms. The molecule has 0 aliphatic carbocycles. The molecule has 1 aromatic carbocycles. The molecular formula is C20H23N3O4. The van der Waals surface area contributed by atoms with Crippen molar-refractivity contribution < 1.29 is 19.1 Å². The van der Waals surface area contributed by atoms with Gasteiger partial charge in [0.05, 0.1) is 14.2 Å². The van der Waals surface area contributed by atoms with Crippen LogP contribution in [0.25, 0.3) is 0 Å². The largest absolute Gasteiger partial charge is 0.493 e. The molecule has 3 rings (SSSR count). The van der Waals surface area contributed by atoms with Crippen LogP contribution >= 0.6 is 0 Å². The Morgan fingerprint density at radius 2 is 1.78 bits per heavy atom. The van der Waals surface area contributed by atoms with E-state index in [2.05, 4.69) is 10.3 Å². The number of nitrogens with zero attached hydrogens (tertiary/aromatic N) is 2. The summed E-state index contributed by atoms with van der Waals surface area (Å²) in [6.07, 6.45) is 3.90. The average Bonchev–Trinajstić information content (AvgIpc) is 2.71. The zero-order valence-corrected chi connectivity index (χ0v) is 15.5. The first-order chi connectivity index (χ1) is 13.1. The Balaban J connectivity index is 1.58. The molecule has 1 aliphatic rings. The van der Waals surface area contributed by atoms with Crippen LogP contribution in [-0.2, 0) is 29.1 Å². The summed E-state index contributed by atoms with van der Waals surface area (Å²) in [7, 11) is 3.19. The van der Waals surface area contributed by atoms with Gasteiger partial charge in [-0.3, -0.25) is 14.6 Å². The smallest absolute Gasteiger partial charge is 0.232 e. The molecule has 0 atom stereocenters. The van der Waals surface area contributed by atoms with Crippen molar-refractivity contribution in [3.8, 4) is 11.5 Å². The van der Waals surface area contributed by atoms with Crippen molar-refractivity contribution in [3.63, 3.8) is 0 Å². The molecule has 0 saturated carbocycles. The van der Waals surface area contributed by atoms with Gasteiger partial charge in [-0.2, -0.15) is 0 Å². The molecule has 0 spiro atoms. The number of amides is 2.